The molecular formula is C16H20ClNO4. The molecule has 1 aliphatic carbocycles. The number of Topliss-reactive ketones (excluding diaryl/α,β-unsaturated/α-hetero) is 1. The molecular weight excluding hydrogens is 306 g/mol. The van der Waals surface area contributed by atoms with Gasteiger partial charge in [0, 0.05) is 5.92 Å². The van der Waals surface area contributed by atoms with E-state index in [0.29, 0.717) is 5.75 Å². The lowest BCUT2D eigenvalue weighted by Gasteiger charge is -2.23. The smallest absolute Gasteiger partial charge is 0.284 e. The molecule has 0 saturated heterocycles. The van der Waals surface area contributed by atoms with E-state index >= 15 is 0 Å². The average Bonchev–Trinajstić information content (AvgIpc) is 2.48. The van der Waals surface area contributed by atoms with Crippen LogP contribution in [0.25, 0.3) is 0 Å². The molecule has 6 heteroatoms. The fraction of sp³-hybridized carbons (Fsp3) is 0.562. The molecule has 0 heterocycles. The normalized spacial score (nSPS) is 15.8. The monoisotopic (exact) mass is 325 g/mol. The molecule has 1 saturated carbocycles. The van der Waals surface area contributed by atoms with Crippen molar-refractivity contribution in [3.05, 3.63) is 32.8 Å². The maximum absolute atomic E-state index is 12.1. The fourth-order valence-electron chi connectivity index (χ4n) is 2.65. The predicted molar refractivity (Wildman–Crippen MR) is 84.8 cm³/mol. The Kier molecular flexibility index (Phi) is 5.40. The summed E-state index contributed by atoms with van der Waals surface area (Å²) in [5.41, 5.74) is -0.199. The van der Waals surface area contributed by atoms with Gasteiger partial charge in [-0.2, -0.15) is 0 Å². The van der Waals surface area contributed by atoms with Crippen LogP contribution in [-0.4, -0.2) is 16.8 Å². The summed E-state index contributed by atoms with van der Waals surface area (Å²) in [6.07, 6.45) is 5.27. The summed E-state index contributed by atoms with van der Waals surface area (Å²) in [5.74, 6) is -0.335. The molecule has 5 nitrogen and oxygen atoms in total. The second-order valence-corrected chi connectivity index (χ2v) is 6.36. The van der Waals surface area contributed by atoms with Gasteiger partial charge >= 0.3 is 0 Å². The third-order valence-corrected chi connectivity index (χ3v) is 4.18. The number of hydrogen-bond acceptors (Lipinski definition) is 4. The molecule has 0 unspecified atom stereocenters. The van der Waals surface area contributed by atoms with Gasteiger partial charge in [0.2, 0.25) is 0 Å². The van der Waals surface area contributed by atoms with Crippen LogP contribution in [-0.2, 0) is 0 Å². The standard InChI is InChI=1S/C16H20ClNO4/c1-10(2)16(19)12-8-13(17)15(9-14(12)18(20)21)22-11-6-4-3-5-7-11/h8-11H,3-7H2,1-2H3. The van der Waals surface area contributed by atoms with Gasteiger partial charge < -0.3 is 4.74 Å². The summed E-state index contributed by atoms with van der Waals surface area (Å²) in [6, 6.07) is 2.65. The number of ketones is 1. The van der Waals surface area contributed by atoms with Gasteiger partial charge in [0.15, 0.2) is 5.78 Å². The van der Waals surface area contributed by atoms with Crippen molar-refractivity contribution in [1.29, 1.82) is 0 Å². The van der Waals surface area contributed by atoms with Crippen LogP contribution in [0.2, 0.25) is 5.02 Å². The number of nitrogens with zero attached hydrogens (tertiary/aromatic N) is 1. The summed E-state index contributed by atoms with van der Waals surface area (Å²) in [4.78, 5) is 22.8. The summed E-state index contributed by atoms with van der Waals surface area (Å²) in [6.45, 7) is 3.40. The van der Waals surface area contributed by atoms with E-state index in [2.05, 4.69) is 0 Å². The van der Waals surface area contributed by atoms with Crippen LogP contribution in [0.15, 0.2) is 12.1 Å². The van der Waals surface area contributed by atoms with Crippen LogP contribution in [0.4, 0.5) is 5.69 Å². The summed E-state index contributed by atoms with van der Waals surface area (Å²) < 4.78 is 5.82. The number of nitro benzene ring substituents is 1. The number of carbonyl (C=O) groups is 1. The molecule has 0 aliphatic heterocycles. The van der Waals surface area contributed by atoms with Gasteiger partial charge in [0.25, 0.3) is 5.69 Å². The Morgan fingerprint density at radius 1 is 1.32 bits per heavy atom. The molecule has 0 bridgehead atoms. The SMILES string of the molecule is CC(C)C(=O)c1cc(Cl)c(OC2CCCCC2)cc1[N+](=O)[O-]. The van der Waals surface area contributed by atoms with Gasteiger partial charge in [-0.3, -0.25) is 14.9 Å². The lowest BCUT2D eigenvalue weighted by Crippen LogP contribution is -2.20. The number of ether oxygens (including phenoxy) is 1. The maximum Gasteiger partial charge on any atom is 0.284 e. The first kappa shape index (κ1) is 16.7. The van der Waals surface area contributed by atoms with Gasteiger partial charge in [0.1, 0.15) is 5.75 Å². The zero-order chi connectivity index (χ0) is 16.3. The molecule has 2 rings (SSSR count). The minimum Gasteiger partial charge on any atom is -0.489 e. The Hall–Kier alpha value is -1.62. The molecule has 0 atom stereocenters. The van der Waals surface area contributed by atoms with Gasteiger partial charge in [0.05, 0.1) is 27.7 Å². The van der Waals surface area contributed by atoms with Crippen LogP contribution in [0.5, 0.6) is 5.75 Å². The average molecular weight is 326 g/mol. The first-order chi connectivity index (χ1) is 10.4. The topological polar surface area (TPSA) is 69.4 Å². The van der Waals surface area contributed by atoms with Crippen molar-refractivity contribution in [2.75, 3.05) is 0 Å². The Balaban J connectivity index is 2.34. The van der Waals surface area contributed by atoms with E-state index in [9.17, 15) is 14.9 Å². The van der Waals surface area contributed by atoms with Gasteiger partial charge in [-0.15, -0.1) is 0 Å². The van der Waals surface area contributed by atoms with Crippen molar-refractivity contribution in [2.45, 2.75) is 52.1 Å². The number of hydrogen-bond donors (Lipinski definition) is 0. The highest BCUT2D eigenvalue weighted by atomic mass is 35.5. The number of carbonyl (C=O) groups excluding carboxylic acids is 1. The van der Waals surface area contributed by atoms with Crippen molar-refractivity contribution >= 4 is 23.1 Å². The second-order valence-electron chi connectivity index (χ2n) is 5.95. The highest BCUT2D eigenvalue weighted by Gasteiger charge is 2.26. The van der Waals surface area contributed by atoms with E-state index in [1.807, 2.05) is 0 Å². The molecule has 1 fully saturated rings. The Morgan fingerprint density at radius 2 is 1.95 bits per heavy atom. The van der Waals surface area contributed by atoms with Crippen LogP contribution in [0, 0.1) is 16.0 Å². The quantitative estimate of drug-likeness (QED) is 0.443. The van der Waals surface area contributed by atoms with E-state index in [1.165, 1.54) is 18.6 Å². The largest absolute Gasteiger partial charge is 0.489 e. The van der Waals surface area contributed by atoms with E-state index < -0.39 is 4.92 Å². The van der Waals surface area contributed by atoms with E-state index in [-0.39, 0.29) is 34.1 Å². The minimum absolute atomic E-state index is 0.0394. The molecule has 1 aromatic rings. The zero-order valence-electron chi connectivity index (χ0n) is 12.8. The van der Waals surface area contributed by atoms with Gasteiger partial charge in [-0.05, 0) is 31.7 Å². The zero-order valence-corrected chi connectivity index (χ0v) is 13.6. The molecule has 1 aromatic carbocycles. The second kappa shape index (κ2) is 7.09. The number of rotatable bonds is 5. The van der Waals surface area contributed by atoms with Crippen molar-refractivity contribution in [3.8, 4) is 5.75 Å². The van der Waals surface area contributed by atoms with Crippen molar-refractivity contribution in [2.24, 2.45) is 5.92 Å². The van der Waals surface area contributed by atoms with E-state index in [0.717, 1.165) is 25.7 Å². The van der Waals surface area contributed by atoms with Crippen molar-refractivity contribution < 1.29 is 14.5 Å². The third-order valence-electron chi connectivity index (χ3n) is 3.88. The van der Waals surface area contributed by atoms with Crippen LogP contribution >= 0.6 is 11.6 Å². The van der Waals surface area contributed by atoms with Crippen LogP contribution in [0.3, 0.4) is 0 Å². The Morgan fingerprint density at radius 3 is 2.50 bits per heavy atom. The fourth-order valence-corrected chi connectivity index (χ4v) is 2.86. The first-order valence-electron chi connectivity index (χ1n) is 7.59. The molecule has 0 amide bonds. The minimum atomic E-state index is -0.556. The van der Waals surface area contributed by atoms with Gasteiger partial charge in [-0.25, -0.2) is 0 Å². The van der Waals surface area contributed by atoms with Crippen LogP contribution in [0.1, 0.15) is 56.3 Å². The van der Waals surface area contributed by atoms with Crippen molar-refractivity contribution in [1.82, 2.24) is 0 Å². The molecule has 1 aliphatic rings. The summed E-state index contributed by atoms with van der Waals surface area (Å²) >= 11 is 6.17. The number of nitro groups is 1. The number of halogens is 1. The lowest BCUT2D eigenvalue weighted by molar-refractivity contribution is -0.385. The van der Waals surface area contributed by atoms with Gasteiger partial charge in [-0.1, -0.05) is 31.9 Å². The third kappa shape index (κ3) is 3.77. The highest BCUT2D eigenvalue weighted by molar-refractivity contribution is 6.32. The molecule has 0 aromatic heterocycles. The predicted octanol–water partition coefficient (Wildman–Crippen LogP) is 4.80. The molecule has 0 N–H and O–H groups in total. The molecule has 0 spiro atoms. The number of benzene rings is 1. The Bertz CT molecular complexity index is 580. The van der Waals surface area contributed by atoms with Crippen molar-refractivity contribution in [3.63, 3.8) is 0 Å². The van der Waals surface area contributed by atoms with E-state index in [1.54, 1.807) is 13.8 Å². The van der Waals surface area contributed by atoms with E-state index in [4.69, 9.17) is 16.3 Å². The molecule has 0 radical (unpaired) electrons. The molecule has 22 heavy (non-hydrogen) atoms. The highest BCUT2D eigenvalue weighted by Crippen LogP contribution is 2.35. The summed E-state index contributed by atoms with van der Waals surface area (Å²) in [7, 11) is 0. The maximum atomic E-state index is 12.1. The summed E-state index contributed by atoms with van der Waals surface area (Å²) in [5, 5.41) is 11.5. The first-order valence-corrected chi connectivity index (χ1v) is 7.96. The Labute approximate surface area is 134 Å². The molecule has 120 valence electrons. The lowest BCUT2D eigenvalue weighted by atomic mass is 9.97. The van der Waals surface area contributed by atoms with Crippen LogP contribution < -0.4 is 4.74 Å².